The zero-order valence-electron chi connectivity index (χ0n) is 14.8. The zero-order chi connectivity index (χ0) is 20.1. The molecule has 0 aliphatic carbocycles. The van der Waals surface area contributed by atoms with Gasteiger partial charge in [-0.2, -0.15) is 4.73 Å². The number of rotatable bonds is 6. The summed E-state index contributed by atoms with van der Waals surface area (Å²) in [4.78, 5) is 26.1. The van der Waals surface area contributed by atoms with E-state index < -0.39 is 34.4 Å². The molecule has 0 unspecified atom stereocenters. The minimum atomic E-state index is -3.36. The van der Waals surface area contributed by atoms with Crippen LogP contribution in [0.15, 0.2) is 66.3 Å². The summed E-state index contributed by atoms with van der Waals surface area (Å²) in [6, 6.07) is 11.1. The second kappa shape index (κ2) is 8.22. The molecule has 2 heterocycles. The first-order valence-corrected chi connectivity index (χ1v) is 10.2. The smallest absolute Gasteiger partial charge is 0.339 e. The summed E-state index contributed by atoms with van der Waals surface area (Å²) in [6.07, 6.45) is 3.75. The van der Waals surface area contributed by atoms with Crippen molar-refractivity contribution in [1.29, 1.82) is 0 Å². The molecular formula is C19H18N2O6S. The SMILES string of the molecule is O=C(OCC(=O)N(Cc1ccccc1)[C@H]1C=CS(=O)(=O)C1)c1cc[n+]([O-])cc1. The number of benzene rings is 1. The summed E-state index contributed by atoms with van der Waals surface area (Å²) in [5, 5.41) is 12.1. The lowest BCUT2D eigenvalue weighted by molar-refractivity contribution is -0.605. The van der Waals surface area contributed by atoms with Gasteiger partial charge in [-0.25, -0.2) is 13.2 Å². The minimum Gasteiger partial charge on any atom is -0.619 e. The van der Waals surface area contributed by atoms with E-state index >= 15 is 0 Å². The predicted octanol–water partition coefficient (Wildman–Crippen LogP) is 0.816. The third-order valence-electron chi connectivity index (χ3n) is 4.19. The normalized spacial score (nSPS) is 17.2. The van der Waals surface area contributed by atoms with Crippen molar-refractivity contribution in [2.24, 2.45) is 0 Å². The van der Waals surface area contributed by atoms with Gasteiger partial charge in [-0.05, 0) is 11.6 Å². The molecule has 146 valence electrons. The van der Waals surface area contributed by atoms with Gasteiger partial charge in [0.1, 0.15) is 0 Å². The molecule has 0 bridgehead atoms. The molecule has 1 atom stereocenters. The van der Waals surface area contributed by atoms with Crippen LogP contribution in [0.2, 0.25) is 0 Å². The Balaban J connectivity index is 1.70. The van der Waals surface area contributed by atoms with Gasteiger partial charge in [0.2, 0.25) is 0 Å². The molecular weight excluding hydrogens is 384 g/mol. The molecule has 0 saturated carbocycles. The molecule has 1 aliphatic rings. The molecule has 1 amide bonds. The van der Waals surface area contributed by atoms with Gasteiger partial charge >= 0.3 is 5.97 Å². The highest BCUT2D eigenvalue weighted by atomic mass is 32.2. The summed E-state index contributed by atoms with van der Waals surface area (Å²) in [5.74, 6) is -1.47. The maximum Gasteiger partial charge on any atom is 0.339 e. The fourth-order valence-corrected chi connectivity index (χ4v) is 4.07. The van der Waals surface area contributed by atoms with Gasteiger partial charge in [-0.1, -0.05) is 30.3 Å². The lowest BCUT2D eigenvalue weighted by Crippen LogP contribution is -2.42. The summed E-state index contributed by atoms with van der Waals surface area (Å²) >= 11 is 0. The Labute approximate surface area is 162 Å². The first kappa shape index (κ1) is 19.6. The number of nitrogens with zero attached hydrogens (tertiary/aromatic N) is 2. The number of ether oxygens (including phenoxy) is 1. The highest BCUT2D eigenvalue weighted by Gasteiger charge is 2.30. The van der Waals surface area contributed by atoms with Gasteiger partial charge in [-0.3, -0.25) is 4.79 Å². The molecule has 8 nitrogen and oxygen atoms in total. The van der Waals surface area contributed by atoms with Crippen molar-refractivity contribution in [3.8, 4) is 0 Å². The molecule has 2 aromatic rings. The topological polar surface area (TPSA) is 108 Å². The number of hydrogen-bond acceptors (Lipinski definition) is 6. The van der Waals surface area contributed by atoms with Crippen LogP contribution in [0.25, 0.3) is 0 Å². The molecule has 0 radical (unpaired) electrons. The number of hydrogen-bond donors (Lipinski definition) is 0. The van der Waals surface area contributed by atoms with Crippen LogP contribution in [-0.4, -0.2) is 43.6 Å². The van der Waals surface area contributed by atoms with E-state index in [1.165, 1.54) is 23.1 Å². The first-order chi connectivity index (χ1) is 13.3. The number of pyridine rings is 1. The minimum absolute atomic E-state index is 0.137. The maximum atomic E-state index is 12.7. The average Bonchev–Trinajstić information content (AvgIpc) is 3.04. The largest absolute Gasteiger partial charge is 0.619 e. The Kier molecular flexibility index (Phi) is 5.74. The second-order valence-corrected chi connectivity index (χ2v) is 8.19. The number of aromatic nitrogens is 1. The summed E-state index contributed by atoms with van der Waals surface area (Å²) in [6.45, 7) is -0.356. The quantitative estimate of drug-likeness (QED) is 0.402. The Morgan fingerprint density at radius 3 is 2.43 bits per heavy atom. The number of carbonyl (C=O) groups is 2. The number of carbonyl (C=O) groups excluding carboxylic acids is 2. The Morgan fingerprint density at radius 1 is 1.14 bits per heavy atom. The maximum absolute atomic E-state index is 12.7. The van der Waals surface area contributed by atoms with Crippen LogP contribution in [0.1, 0.15) is 15.9 Å². The van der Waals surface area contributed by atoms with E-state index in [9.17, 15) is 23.2 Å². The van der Waals surface area contributed by atoms with Gasteiger partial charge < -0.3 is 14.8 Å². The summed E-state index contributed by atoms with van der Waals surface area (Å²) in [5.41, 5.74) is 0.959. The summed E-state index contributed by atoms with van der Waals surface area (Å²) in [7, 11) is -3.36. The average molecular weight is 402 g/mol. The van der Waals surface area contributed by atoms with Gasteiger partial charge in [0.05, 0.1) is 17.4 Å². The van der Waals surface area contributed by atoms with Gasteiger partial charge in [0.25, 0.3) is 5.91 Å². The Hall–Kier alpha value is -3.20. The third-order valence-corrected chi connectivity index (χ3v) is 5.57. The van der Waals surface area contributed by atoms with Crippen molar-refractivity contribution in [3.63, 3.8) is 0 Å². The molecule has 0 fully saturated rings. The van der Waals surface area contributed by atoms with E-state index in [1.807, 2.05) is 30.3 Å². The van der Waals surface area contributed by atoms with Crippen molar-refractivity contribution in [2.45, 2.75) is 12.6 Å². The molecule has 3 rings (SSSR count). The van der Waals surface area contributed by atoms with Crippen molar-refractivity contribution in [3.05, 3.63) is 82.7 Å². The molecule has 9 heteroatoms. The predicted molar refractivity (Wildman–Crippen MR) is 99.4 cm³/mol. The van der Waals surface area contributed by atoms with E-state index in [0.717, 1.165) is 23.4 Å². The van der Waals surface area contributed by atoms with Crippen LogP contribution < -0.4 is 4.73 Å². The van der Waals surface area contributed by atoms with E-state index in [2.05, 4.69) is 0 Å². The zero-order valence-corrected chi connectivity index (χ0v) is 15.6. The lowest BCUT2D eigenvalue weighted by Gasteiger charge is -2.27. The third kappa shape index (κ3) is 4.95. The molecule has 28 heavy (non-hydrogen) atoms. The van der Waals surface area contributed by atoms with Crippen LogP contribution in [-0.2, 0) is 25.9 Å². The number of sulfone groups is 1. The fraction of sp³-hybridized carbons (Fsp3) is 0.211. The summed E-state index contributed by atoms with van der Waals surface area (Å²) < 4.78 is 29.1. The van der Waals surface area contributed by atoms with E-state index in [1.54, 1.807) is 0 Å². The van der Waals surface area contributed by atoms with Crippen LogP contribution in [0.5, 0.6) is 0 Å². The van der Waals surface area contributed by atoms with E-state index in [0.29, 0.717) is 4.73 Å². The van der Waals surface area contributed by atoms with Crippen molar-refractivity contribution in [1.82, 2.24) is 4.90 Å². The Morgan fingerprint density at radius 2 is 1.82 bits per heavy atom. The molecule has 0 saturated heterocycles. The first-order valence-electron chi connectivity index (χ1n) is 8.44. The van der Waals surface area contributed by atoms with Crippen molar-refractivity contribution >= 4 is 21.7 Å². The van der Waals surface area contributed by atoms with Crippen molar-refractivity contribution < 1.29 is 27.5 Å². The fourth-order valence-electron chi connectivity index (χ4n) is 2.77. The van der Waals surface area contributed by atoms with Crippen molar-refractivity contribution in [2.75, 3.05) is 12.4 Å². The molecule has 1 aliphatic heterocycles. The monoisotopic (exact) mass is 402 g/mol. The molecule has 0 spiro atoms. The van der Waals surface area contributed by atoms with Crippen LogP contribution in [0.3, 0.4) is 0 Å². The van der Waals surface area contributed by atoms with Crippen LogP contribution in [0, 0.1) is 5.21 Å². The van der Waals surface area contributed by atoms with E-state index in [4.69, 9.17) is 4.74 Å². The van der Waals surface area contributed by atoms with Gasteiger partial charge in [-0.15, -0.1) is 0 Å². The second-order valence-electron chi connectivity index (χ2n) is 6.26. The van der Waals surface area contributed by atoms with Crippen LogP contribution >= 0.6 is 0 Å². The Bertz CT molecular complexity index is 987. The van der Waals surface area contributed by atoms with E-state index in [-0.39, 0.29) is 17.9 Å². The van der Waals surface area contributed by atoms with Crippen LogP contribution in [0.4, 0.5) is 0 Å². The number of amides is 1. The standard InChI is InChI=1S/C19H18N2O6S/c22-18(13-27-19(23)16-6-9-20(24)10-7-16)21(12-15-4-2-1-3-5-15)17-8-11-28(25,26)14-17/h1-11,17H,12-14H2/t17-/m0/s1. The molecule has 1 aromatic carbocycles. The highest BCUT2D eigenvalue weighted by molar-refractivity contribution is 7.94. The van der Waals surface area contributed by atoms with Gasteiger partial charge in [0, 0.05) is 24.1 Å². The lowest BCUT2D eigenvalue weighted by atomic mass is 10.2. The molecule has 1 aromatic heterocycles. The molecule has 0 N–H and O–H groups in total. The number of esters is 1. The highest BCUT2D eigenvalue weighted by Crippen LogP contribution is 2.18. The van der Waals surface area contributed by atoms with Gasteiger partial charge in [0.15, 0.2) is 28.8 Å².